The molecule has 0 aromatic carbocycles. The Morgan fingerprint density at radius 3 is 2.59 bits per heavy atom. The quantitative estimate of drug-likeness (QED) is 0.901. The maximum absolute atomic E-state index is 9.55. The van der Waals surface area contributed by atoms with E-state index in [2.05, 4.69) is 9.88 Å². The summed E-state index contributed by atoms with van der Waals surface area (Å²) < 4.78 is 0. The van der Waals surface area contributed by atoms with E-state index in [-0.39, 0.29) is 6.10 Å². The van der Waals surface area contributed by atoms with E-state index in [0.29, 0.717) is 16.0 Å². The smallest absolute Gasteiger partial charge is 0.147 e. The third-order valence-corrected chi connectivity index (χ3v) is 3.79. The predicted octanol–water partition coefficient (Wildman–Crippen LogP) is 2.99. The van der Waals surface area contributed by atoms with Gasteiger partial charge in [0.15, 0.2) is 0 Å². The molecule has 3 nitrogen and oxygen atoms in total. The highest BCUT2D eigenvalue weighted by Crippen LogP contribution is 2.30. The largest absolute Gasteiger partial charge is 0.393 e. The molecule has 1 aliphatic heterocycles. The molecule has 2 rings (SSSR count). The average molecular weight is 275 g/mol. The normalized spacial score (nSPS) is 19.4. The zero-order valence-corrected chi connectivity index (χ0v) is 11.2. The van der Waals surface area contributed by atoms with Crippen LogP contribution in [0.15, 0.2) is 12.3 Å². The Morgan fingerprint density at radius 1 is 1.41 bits per heavy atom. The average Bonchev–Trinajstić information content (AvgIpc) is 2.29. The van der Waals surface area contributed by atoms with Crippen LogP contribution in [-0.2, 0) is 0 Å². The van der Waals surface area contributed by atoms with Gasteiger partial charge in [0.1, 0.15) is 5.82 Å². The van der Waals surface area contributed by atoms with Gasteiger partial charge in [0, 0.05) is 19.3 Å². The molecule has 1 aromatic heterocycles. The van der Waals surface area contributed by atoms with Crippen molar-refractivity contribution in [3.63, 3.8) is 0 Å². The predicted molar refractivity (Wildman–Crippen MR) is 70.9 cm³/mol. The highest BCUT2D eigenvalue weighted by atomic mass is 35.5. The number of hydrogen-bond donors (Lipinski definition) is 1. The van der Waals surface area contributed by atoms with Gasteiger partial charge in [0.05, 0.1) is 16.1 Å². The highest BCUT2D eigenvalue weighted by molar-refractivity contribution is 6.36. The molecule has 2 heterocycles. The van der Waals surface area contributed by atoms with Crippen molar-refractivity contribution >= 4 is 29.0 Å². The standard InChI is InChI=1S/C12H16Cl2N2O/c1-8(17)9-2-4-16(5-3-9)12-11(14)6-10(13)7-15-12/h6-9,17H,2-5H2,1H3. The third-order valence-electron chi connectivity index (χ3n) is 3.31. The van der Waals surface area contributed by atoms with Gasteiger partial charge in [-0.05, 0) is 31.7 Å². The summed E-state index contributed by atoms with van der Waals surface area (Å²) in [5.74, 6) is 1.18. The topological polar surface area (TPSA) is 36.4 Å². The molecule has 0 saturated carbocycles. The van der Waals surface area contributed by atoms with Crippen LogP contribution < -0.4 is 4.90 Å². The number of nitrogens with zero attached hydrogens (tertiary/aromatic N) is 2. The second kappa shape index (κ2) is 5.42. The van der Waals surface area contributed by atoms with Crippen molar-refractivity contribution in [3.05, 3.63) is 22.3 Å². The van der Waals surface area contributed by atoms with Crippen LogP contribution in [0.4, 0.5) is 5.82 Å². The molecule has 5 heteroatoms. The molecule has 1 N–H and O–H groups in total. The number of aromatic nitrogens is 1. The van der Waals surface area contributed by atoms with E-state index in [4.69, 9.17) is 23.2 Å². The van der Waals surface area contributed by atoms with Gasteiger partial charge < -0.3 is 10.0 Å². The zero-order valence-electron chi connectivity index (χ0n) is 9.74. The lowest BCUT2D eigenvalue weighted by molar-refractivity contribution is 0.110. The van der Waals surface area contributed by atoms with Gasteiger partial charge in [-0.2, -0.15) is 0 Å². The van der Waals surface area contributed by atoms with Gasteiger partial charge in [0.2, 0.25) is 0 Å². The van der Waals surface area contributed by atoms with E-state index in [1.807, 2.05) is 6.92 Å². The van der Waals surface area contributed by atoms with Crippen molar-refractivity contribution in [2.75, 3.05) is 18.0 Å². The lowest BCUT2D eigenvalue weighted by atomic mass is 9.92. The van der Waals surface area contributed by atoms with Gasteiger partial charge in [0.25, 0.3) is 0 Å². The molecule has 0 radical (unpaired) electrons. The molecule has 0 amide bonds. The number of aliphatic hydroxyl groups excluding tert-OH is 1. The van der Waals surface area contributed by atoms with E-state index in [0.717, 1.165) is 31.7 Å². The number of halogens is 2. The van der Waals surface area contributed by atoms with E-state index in [9.17, 15) is 5.11 Å². The van der Waals surface area contributed by atoms with E-state index < -0.39 is 0 Å². The molecule has 17 heavy (non-hydrogen) atoms. The van der Waals surface area contributed by atoms with Crippen LogP contribution in [0.5, 0.6) is 0 Å². The van der Waals surface area contributed by atoms with Gasteiger partial charge in [-0.1, -0.05) is 23.2 Å². The summed E-state index contributed by atoms with van der Waals surface area (Å²) in [5, 5.41) is 10.7. The molecular weight excluding hydrogens is 259 g/mol. The summed E-state index contributed by atoms with van der Waals surface area (Å²) in [7, 11) is 0. The molecule has 0 aliphatic carbocycles. The van der Waals surface area contributed by atoms with Gasteiger partial charge in [-0.25, -0.2) is 4.98 Å². The Hall–Kier alpha value is -0.510. The molecule has 1 atom stereocenters. The molecule has 1 aliphatic rings. The summed E-state index contributed by atoms with van der Waals surface area (Å²) in [6.45, 7) is 3.61. The van der Waals surface area contributed by atoms with Crippen molar-refractivity contribution in [3.8, 4) is 0 Å². The first-order chi connectivity index (χ1) is 8.08. The van der Waals surface area contributed by atoms with Crippen molar-refractivity contribution in [1.29, 1.82) is 0 Å². The SMILES string of the molecule is CC(O)C1CCN(c2ncc(Cl)cc2Cl)CC1. The minimum atomic E-state index is -0.231. The molecule has 1 fully saturated rings. The Labute approximate surface area is 111 Å². The lowest BCUT2D eigenvalue weighted by Crippen LogP contribution is -2.37. The number of pyridine rings is 1. The van der Waals surface area contributed by atoms with Crippen molar-refractivity contribution in [2.45, 2.75) is 25.9 Å². The van der Waals surface area contributed by atoms with Gasteiger partial charge >= 0.3 is 0 Å². The number of hydrogen-bond acceptors (Lipinski definition) is 3. The van der Waals surface area contributed by atoms with Gasteiger partial charge in [-0.3, -0.25) is 0 Å². The first-order valence-corrected chi connectivity index (χ1v) is 6.57. The Morgan fingerprint density at radius 2 is 2.06 bits per heavy atom. The monoisotopic (exact) mass is 274 g/mol. The molecule has 1 unspecified atom stereocenters. The third kappa shape index (κ3) is 3.03. The molecule has 1 aromatic rings. The van der Waals surface area contributed by atoms with E-state index in [1.165, 1.54) is 0 Å². The van der Waals surface area contributed by atoms with Crippen LogP contribution in [0.1, 0.15) is 19.8 Å². The Balaban J connectivity index is 2.05. The number of rotatable bonds is 2. The molecule has 0 spiro atoms. The maximum Gasteiger partial charge on any atom is 0.147 e. The lowest BCUT2D eigenvalue weighted by Gasteiger charge is -2.34. The van der Waals surface area contributed by atoms with Crippen LogP contribution in [0.2, 0.25) is 10.0 Å². The molecule has 1 saturated heterocycles. The summed E-state index contributed by atoms with van der Waals surface area (Å²) in [6, 6.07) is 1.71. The zero-order chi connectivity index (χ0) is 12.4. The van der Waals surface area contributed by atoms with Crippen LogP contribution >= 0.6 is 23.2 Å². The first kappa shape index (κ1) is 12.9. The fourth-order valence-electron chi connectivity index (χ4n) is 2.23. The number of anilines is 1. The van der Waals surface area contributed by atoms with E-state index >= 15 is 0 Å². The first-order valence-electron chi connectivity index (χ1n) is 5.82. The summed E-state index contributed by atoms with van der Waals surface area (Å²) in [4.78, 5) is 6.42. The van der Waals surface area contributed by atoms with Crippen LogP contribution in [-0.4, -0.2) is 29.3 Å². The summed E-state index contributed by atoms with van der Waals surface area (Å²) >= 11 is 11.9. The minimum absolute atomic E-state index is 0.231. The fraction of sp³-hybridized carbons (Fsp3) is 0.583. The van der Waals surface area contributed by atoms with Crippen LogP contribution in [0.3, 0.4) is 0 Å². The number of aliphatic hydroxyl groups is 1. The van der Waals surface area contributed by atoms with Crippen molar-refractivity contribution in [1.82, 2.24) is 4.98 Å². The summed E-state index contributed by atoms with van der Waals surface area (Å²) in [6.07, 6.45) is 3.32. The highest BCUT2D eigenvalue weighted by Gasteiger charge is 2.24. The van der Waals surface area contributed by atoms with Crippen LogP contribution in [0.25, 0.3) is 0 Å². The minimum Gasteiger partial charge on any atom is -0.393 e. The summed E-state index contributed by atoms with van der Waals surface area (Å²) in [5.41, 5.74) is 0. The second-order valence-electron chi connectivity index (χ2n) is 4.52. The Bertz CT molecular complexity index is 390. The van der Waals surface area contributed by atoms with Crippen molar-refractivity contribution < 1.29 is 5.11 Å². The Kier molecular flexibility index (Phi) is 4.13. The molecular formula is C12H16Cl2N2O. The molecule has 0 bridgehead atoms. The molecule has 94 valence electrons. The van der Waals surface area contributed by atoms with Crippen molar-refractivity contribution in [2.24, 2.45) is 5.92 Å². The van der Waals surface area contributed by atoms with Gasteiger partial charge in [-0.15, -0.1) is 0 Å². The maximum atomic E-state index is 9.55. The van der Waals surface area contributed by atoms with E-state index in [1.54, 1.807) is 12.3 Å². The second-order valence-corrected chi connectivity index (χ2v) is 5.37. The number of piperidine rings is 1. The van der Waals surface area contributed by atoms with Crippen LogP contribution in [0, 0.1) is 5.92 Å². The fourth-order valence-corrected chi connectivity index (χ4v) is 2.73.